The zero-order valence-corrected chi connectivity index (χ0v) is 18.5. The second-order valence-electron chi connectivity index (χ2n) is 6.57. The number of imidazole rings is 1. The van der Waals surface area contributed by atoms with Gasteiger partial charge in [-0.15, -0.1) is 24.0 Å². The van der Waals surface area contributed by atoms with Gasteiger partial charge in [0.25, 0.3) is 0 Å². The fourth-order valence-corrected chi connectivity index (χ4v) is 3.41. The number of carbonyl (C=O) groups is 1. The smallest absolute Gasteiger partial charge is 0.310 e. The Hall–Kier alpha value is -1.84. The molecule has 8 heteroatoms. The van der Waals surface area contributed by atoms with Crippen LogP contribution in [0.3, 0.4) is 0 Å². The fourth-order valence-electron chi connectivity index (χ4n) is 3.41. The van der Waals surface area contributed by atoms with Crippen LogP contribution in [0.15, 0.2) is 29.4 Å². The minimum absolute atomic E-state index is 0. The number of esters is 1. The molecule has 1 fully saturated rings. The van der Waals surface area contributed by atoms with Crippen LogP contribution >= 0.6 is 24.0 Å². The summed E-state index contributed by atoms with van der Waals surface area (Å²) in [5, 5.41) is 3.38. The highest BCUT2D eigenvalue weighted by atomic mass is 127. The normalized spacial score (nSPS) is 17.5. The van der Waals surface area contributed by atoms with Crippen molar-refractivity contribution in [3.63, 3.8) is 0 Å². The van der Waals surface area contributed by atoms with Crippen LogP contribution in [-0.4, -0.2) is 53.0 Å². The number of carbonyl (C=O) groups excluding carboxylic acids is 1. The molecule has 0 aliphatic carbocycles. The topological polar surface area (TPSA) is 71.2 Å². The van der Waals surface area contributed by atoms with E-state index in [1.165, 1.54) is 0 Å². The van der Waals surface area contributed by atoms with Gasteiger partial charge in [-0.1, -0.05) is 6.07 Å². The van der Waals surface area contributed by atoms with E-state index in [0.29, 0.717) is 19.7 Å². The summed E-state index contributed by atoms with van der Waals surface area (Å²) in [6, 6.07) is 6.07. The Labute approximate surface area is 177 Å². The monoisotopic (exact) mass is 485 g/mol. The summed E-state index contributed by atoms with van der Waals surface area (Å²) in [5.74, 6) is 0.608. The van der Waals surface area contributed by atoms with E-state index in [1.807, 2.05) is 25.3 Å². The van der Waals surface area contributed by atoms with Crippen LogP contribution in [-0.2, 0) is 16.1 Å². The van der Waals surface area contributed by atoms with Crippen LogP contribution in [0.5, 0.6) is 0 Å². The maximum Gasteiger partial charge on any atom is 0.310 e. The number of nitrogens with zero attached hydrogens (tertiary/aromatic N) is 4. The third kappa shape index (κ3) is 5.12. The lowest BCUT2D eigenvalue weighted by molar-refractivity contribution is -0.149. The molecule has 3 rings (SSSR count). The van der Waals surface area contributed by atoms with Gasteiger partial charge >= 0.3 is 5.97 Å². The molecule has 0 amide bonds. The number of pyridine rings is 1. The van der Waals surface area contributed by atoms with Crippen molar-refractivity contribution in [1.82, 2.24) is 19.6 Å². The SMILES string of the molecule is CCOC(=O)C1CCCN(C(=NC)NCc2cn3c(C)cccc3n2)C1.I. The Bertz CT molecular complexity index is 804. The first kappa shape index (κ1) is 21.5. The lowest BCUT2D eigenvalue weighted by atomic mass is 9.98. The number of piperidine rings is 1. The van der Waals surface area contributed by atoms with Gasteiger partial charge in [-0.25, -0.2) is 4.98 Å². The number of guanidine groups is 1. The average molecular weight is 485 g/mol. The quantitative estimate of drug-likeness (QED) is 0.312. The standard InChI is InChI=1S/C19H27N5O2.HI/c1-4-26-18(25)15-8-6-10-23(12-15)19(20-3)21-11-16-13-24-14(2)7-5-9-17(24)22-16;/h5,7,9,13,15H,4,6,8,10-12H2,1-3H3,(H,20,21);1H. The van der Waals surface area contributed by atoms with Crippen LogP contribution in [0, 0.1) is 12.8 Å². The molecule has 1 aliphatic heterocycles. The van der Waals surface area contributed by atoms with Crippen molar-refractivity contribution in [3.05, 3.63) is 35.8 Å². The third-order valence-corrected chi connectivity index (χ3v) is 4.73. The van der Waals surface area contributed by atoms with Crippen molar-refractivity contribution in [1.29, 1.82) is 0 Å². The van der Waals surface area contributed by atoms with E-state index in [-0.39, 0.29) is 35.9 Å². The van der Waals surface area contributed by atoms with E-state index in [2.05, 4.69) is 37.6 Å². The number of likely N-dealkylation sites (tertiary alicyclic amines) is 1. The highest BCUT2D eigenvalue weighted by molar-refractivity contribution is 14.0. The molecule has 27 heavy (non-hydrogen) atoms. The number of aromatic nitrogens is 2. The molecule has 2 aromatic heterocycles. The summed E-state index contributed by atoms with van der Waals surface area (Å²) in [4.78, 5) is 23.2. The number of fused-ring (bicyclic) bond motifs is 1. The van der Waals surface area contributed by atoms with E-state index in [1.54, 1.807) is 7.05 Å². The Morgan fingerprint density at radius 2 is 2.26 bits per heavy atom. The number of rotatable bonds is 4. The molecule has 1 N–H and O–H groups in total. The Morgan fingerprint density at radius 1 is 1.44 bits per heavy atom. The van der Waals surface area contributed by atoms with Crippen molar-refractivity contribution in [2.75, 3.05) is 26.7 Å². The molecule has 1 unspecified atom stereocenters. The molecule has 1 saturated heterocycles. The van der Waals surface area contributed by atoms with Gasteiger partial charge in [0.05, 0.1) is 24.8 Å². The van der Waals surface area contributed by atoms with Crippen molar-refractivity contribution in [2.24, 2.45) is 10.9 Å². The van der Waals surface area contributed by atoms with Crippen LogP contribution in [0.2, 0.25) is 0 Å². The highest BCUT2D eigenvalue weighted by Crippen LogP contribution is 2.18. The van der Waals surface area contributed by atoms with E-state index < -0.39 is 0 Å². The molecule has 1 atom stereocenters. The number of halogens is 1. The summed E-state index contributed by atoms with van der Waals surface area (Å²) >= 11 is 0. The molecule has 2 aromatic rings. The van der Waals surface area contributed by atoms with Gasteiger partial charge in [-0.3, -0.25) is 9.79 Å². The zero-order chi connectivity index (χ0) is 18.5. The second-order valence-corrected chi connectivity index (χ2v) is 6.57. The average Bonchev–Trinajstić information content (AvgIpc) is 3.07. The Kier molecular flexibility index (Phi) is 7.88. The van der Waals surface area contributed by atoms with Crippen LogP contribution in [0.4, 0.5) is 0 Å². The number of hydrogen-bond donors (Lipinski definition) is 1. The molecule has 0 radical (unpaired) electrons. The molecule has 0 bridgehead atoms. The molecule has 148 valence electrons. The van der Waals surface area contributed by atoms with Crippen LogP contribution in [0.1, 0.15) is 31.2 Å². The van der Waals surface area contributed by atoms with Gasteiger partial charge in [0, 0.05) is 32.0 Å². The minimum atomic E-state index is -0.108. The highest BCUT2D eigenvalue weighted by Gasteiger charge is 2.28. The van der Waals surface area contributed by atoms with Crippen molar-refractivity contribution < 1.29 is 9.53 Å². The first-order valence-electron chi connectivity index (χ1n) is 9.18. The summed E-state index contributed by atoms with van der Waals surface area (Å²) in [6.45, 7) is 6.45. The minimum Gasteiger partial charge on any atom is -0.466 e. The number of ether oxygens (including phenoxy) is 1. The van der Waals surface area contributed by atoms with Crippen molar-refractivity contribution in [2.45, 2.75) is 33.2 Å². The maximum atomic E-state index is 12.0. The number of hydrogen-bond acceptors (Lipinski definition) is 4. The van der Waals surface area contributed by atoms with Crippen molar-refractivity contribution >= 4 is 41.6 Å². The fraction of sp³-hybridized carbons (Fsp3) is 0.526. The first-order chi connectivity index (χ1) is 12.6. The summed E-state index contributed by atoms with van der Waals surface area (Å²) < 4.78 is 7.26. The Morgan fingerprint density at radius 3 is 2.96 bits per heavy atom. The number of nitrogens with one attached hydrogen (secondary N) is 1. The predicted molar refractivity (Wildman–Crippen MR) is 116 cm³/mol. The summed E-state index contributed by atoms with van der Waals surface area (Å²) in [7, 11) is 1.77. The zero-order valence-electron chi connectivity index (χ0n) is 16.1. The molecule has 0 aromatic carbocycles. The van der Waals surface area contributed by atoms with Crippen LogP contribution in [0.25, 0.3) is 5.65 Å². The van der Waals surface area contributed by atoms with Gasteiger partial charge in [-0.05, 0) is 38.8 Å². The van der Waals surface area contributed by atoms with E-state index in [0.717, 1.165) is 42.4 Å². The lowest BCUT2D eigenvalue weighted by Gasteiger charge is -2.33. The predicted octanol–water partition coefficient (Wildman–Crippen LogP) is 2.61. The molecule has 7 nitrogen and oxygen atoms in total. The van der Waals surface area contributed by atoms with Gasteiger partial charge in [-0.2, -0.15) is 0 Å². The van der Waals surface area contributed by atoms with Crippen LogP contribution < -0.4 is 5.32 Å². The largest absolute Gasteiger partial charge is 0.466 e. The van der Waals surface area contributed by atoms with E-state index in [9.17, 15) is 4.79 Å². The lowest BCUT2D eigenvalue weighted by Crippen LogP contribution is -2.48. The maximum absolute atomic E-state index is 12.0. The van der Waals surface area contributed by atoms with Crippen molar-refractivity contribution in [3.8, 4) is 0 Å². The van der Waals surface area contributed by atoms with E-state index in [4.69, 9.17) is 4.74 Å². The Balaban J connectivity index is 0.00000261. The first-order valence-corrected chi connectivity index (χ1v) is 9.18. The second kappa shape index (κ2) is 9.91. The molecule has 1 aliphatic rings. The number of aryl methyl sites for hydroxylation is 1. The molecule has 3 heterocycles. The summed E-state index contributed by atoms with van der Waals surface area (Å²) in [5.41, 5.74) is 3.05. The molecule has 0 saturated carbocycles. The molecular formula is C19H28IN5O2. The van der Waals surface area contributed by atoms with Gasteiger partial charge in [0.2, 0.25) is 0 Å². The molecular weight excluding hydrogens is 457 g/mol. The third-order valence-electron chi connectivity index (χ3n) is 4.73. The molecule has 0 spiro atoms. The van der Waals surface area contributed by atoms with E-state index >= 15 is 0 Å². The van der Waals surface area contributed by atoms with Gasteiger partial charge in [0.15, 0.2) is 5.96 Å². The number of aliphatic imine (C=N–C) groups is 1. The van der Waals surface area contributed by atoms with Gasteiger partial charge in [0.1, 0.15) is 5.65 Å². The van der Waals surface area contributed by atoms with Gasteiger partial charge < -0.3 is 19.4 Å². The summed E-state index contributed by atoms with van der Waals surface area (Å²) in [6.07, 6.45) is 3.87.